The predicted molar refractivity (Wildman–Crippen MR) is 81.1 cm³/mol. The van der Waals surface area contributed by atoms with Gasteiger partial charge in [0, 0.05) is 10.9 Å². The summed E-state index contributed by atoms with van der Waals surface area (Å²) in [6.07, 6.45) is 0.209. The normalized spacial score (nSPS) is 27.4. The van der Waals surface area contributed by atoms with E-state index in [-0.39, 0.29) is 30.0 Å². The average Bonchev–Trinajstić information content (AvgIpc) is 2.66. The molecule has 1 saturated heterocycles. The van der Waals surface area contributed by atoms with Crippen LogP contribution < -0.4 is 0 Å². The maximum Gasteiger partial charge on any atom is 0.192 e. The third-order valence-electron chi connectivity index (χ3n) is 4.05. The van der Waals surface area contributed by atoms with Gasteiger partial charge in [0.15, 0.2) is 8.32 Å². The van der Waals surface area contributed by atoms with Crippen LogP contribution in [0.1, 0.15) is 27.2 Å². The monoisotopic (exact) mass is 297 g/mol. The maximum atomic E-state index is 8.26. The van der Waals surface area contributed by atoms with Crippen LogP contribution in [-0.2, 0) is 13.9 Å². The first-order valence-electron chi connectivity index (χ1n) is 6.85. The smallest absolute Gasteiger partial charge is 0.192 e. The van der Waals surface area contributed by atoms with E-state index in [0.29, 0.717) is 13.0 Å². The molecule has 0 aromatic rings. The highest BCUT2D eigenvalue weighted by atomic mass is 28.4. The van der Waals surface area contributed by atoms with Crippen LogP contribution in [0.5, 0.6) is 0 Å². The van der Waals surface area contributed by atoms with Crippen molar-refractivity contribution in [2.75, 3.05) is 13.3 Å². The van der Waals surface area contributed by atoms with E-state index in [1.807, 2.05) is 0 Å². The van der Waals surface area contributed by atoms with Gasteiger partial charge < -0.3 is 13.9 Å². The Bertz CT molecular complexity index is 369. The zero-order valence-corrected chi connectivity index (χ0v) is 14.0. The van der Waals surface area contributed by atoms with Gasteiger partial charge in [0.2, 0.25) is 0 Å². The molecule has 0 saturated carbocycles. The summed E-state index contributed by atoms with van der Waals surface area (Å²) < 4.78 is 17.3. The number of hydrogen-bond acceptors (Lipinski definition) is 4. The molecule has 0 N–H and O–H groups in total. The van der Waals surface area contributed by atoms with E-state index in [4.69, 9.17) is 27.3 Å². The number of ether oxygens (including phenoxy) is 2. The van der Waals surface area contributed by atoms with Gasteiger partial charge >= 0.3 is 0 Å². The predicted octanol–water partition coefficient (Wildman–Crippen LogP) is 2.94. The van der Waals surface area contributed by atoms with Gasteiger partial charge in [-0.25, -0.2) is 0 Å². The molecule has 0 aliphatic carbocycles. The minimum atomic E-state index is -1.82. The Morgan fingerprint density at radius 1 is 1.45 bits per heavy atom. The molecule has 3 atom stereocenters. The van der Waals surface area contributed by atoms with Crippen molar-refractivity contribution in [1.82, 2.24) is 0 Å². The first-order chi connectivity index (χ1) is 9.17. The highest BCUT2D eigenvalue weighted by Crippen LogP contribution is 2.37. The van der Waals surface area contributed by atoms with Gasteiger partial charge in [-0.15, -0.1) is 0 Å². The van der Waals surface area contributed by atoms with E-state index < -0.39 is 8.32 Å². The number of rotatable bonds is 6. The maximum absolute atomic E-state index is 8.26. The van der Waals surface area contributed by atoms with Crippen molar-refractivity contribution in [2.45, 2.75) is 63.5 Å². The summed E-state index contributed by atoms with van der Waals surface area (Å²) in [5.74, 6) is 0. The molecule has 1 aliphatic heterocycles. The SMILES string of the molecule is [B][C@H]1CC(OCN=[N+]=[N-])[C@@H](CO[Si](C)(C)C(C)(C)C)O1. The van der Waals surface area contributed by atoms with Crippen LogP contribution >= 0.6 is 0 Å². The summed E-state index contributed by atoms with van der Waals surface area (Å²) in [6, 6.07) is -0.348. The molecule has 0 bridgehead atoms. The minimum absolute atomic E-state index is 0.00611. The second-order valence-corrected chi connectivity index (χ2v) is 11.4. The molecule has 0 aromatic carbocycles. The molecule has 1 rings (SSSR count). The summed E-state index contributed by atoms with van der Waals surface area (Å²) >= 11 is 0. The van der Waals surface area contributed by atoms with Crippen molar-refractivity contribution in [1.29, 1.82) is 0 Å². The van der Waals surface area contributed by atoms with Crippen LogP contribution in [0.3, 0.4) is 0 Å². The summed E-state index contributed by atoms with van der Waals surface area (Å²) in [4.78, 5) is 2.66. The fourth-order valence-corrected chi connectivity index (χ4v) is 2.75. The van der Waals surface area contributed by atoms with Crippen molar-refractivity contribution in [3.63, 3.8) is 0 Å². The lowest BCUT2D eigenvalue weighted by Crippen LogP contribution is -2.44. The average molecular weight is 297 g/mol. The van der Waals surface area contributed by atoms with Crippen LogP contribution in [0.2, 0.25) is 18.1 Å². The first kappa shape index (κ1) is 17.5. The summed E-state index contributed by atoms with van der Waals surface area (Å²) in [7, 11) is 3.97. The number of hydrogen-bond donors (Lipinski definition) is 0. The molecule has 1 aliphatic rings. The molecule has 0 aromatic heterocycles. The fourth-order valence-electron chi connectivity index (χ4n) is 1.73. The van der Waals surface area contributed by atoms with Gasteiger partial charge in [0.25, 0.3) is 0 Å². The van der Waals surface area contributed by atoms with E-state index in [1.165, 1.54) is 0 Å². The Morgan fingerprint density at radius 2 is 2.10 bits per heavy atom. The molecule has 1 fully saturated rings. The van der Waals surface area contributed by atoms with Crippen LogP contribution in [0.25, 0.3) is 10.4 Å². The van der Waals surface area contributed by atoms with E-state index in [1.54, 1.807) is 0 Å². The lowest BCUT2D eigenvalue weighted by atomic mass is 9.96. The van der Waals surface area contributed by atoms with Crippen molar-refractivity contribution in [3.05, 3.63) is 10.4 Å². The Labute approximate surface area is 123 Å². The molecule has 8 heteroatoms. The molecule has 20 heavy (non-hydrogen) atoms. The zero-order chi connectivity index (χ0) is 15.4. The van der Waals surface area contributed by atoms with Crippen molar-refractivity contribution >= 4 is 16.2 Å². The zero-order valence-electron chi connectivity index (χ0n) is 13.0. The molecular weight excluding hydrogens is 273 g/mol. The molecule has 1 heterocycles. The van der Waals surface area contributed by atoms with Gasteiger partial charge in [-0.05, 0) is 30.1 Å². The van der Waals surface area contributed by atoms with Crippen molar-refractivity contribution in [2.24, 2.45) is 5.11 Å². The molecule has 0 spiro atoms. The topological polar surface area (TPSA) is 76.5 Å². The van der Waals surface area contributed by atoms with E-state index in [0.717, 1.165) is 0 Å². The van der Waals surface area contributed by atoms with Gasteiger partial charge in [0.1, 0.15) is 20.7 Å². The van der Waals surface area contributed by atoms with Crippen LogP contribution in [0.15, 0.2) is 5.11 Å². The Kier molecular flexibility index (Phi) is 6.09. The van der Waals surface area contributed by atoms with E-state index in [9.17, 15) is 0 Å². The van der Waals surface area contributed by atoms with Crippen molar-refractivity contribution in [3.8, 4) is 0 Å². The minimum Gasteiger partial charge on any atom is -0.414 e. The summed E-state index contributed by atoms with van der Waals surface area (Å²) in [6.45, 7) is 11.4. The van der Waals surface area contributed by atoms with Gasteiger partial charge in [-0.2, -0.15) is 0 Å². The lowest BCUT2D eigenvalue weighted by Gasteiger charge is -2.37. The standard InChI is InChI=1S/C12H24BN3O3Si/c1-12(2,3)20(4,5)18-7-10-9(6-11(13)19-10)17-8-15-16-14/h9-11H,6-8H2,1-5H3/t9?,10-,11-/m1/s1. The molecular formula is C12H24BN3O3Si. The Balaban J connectivity index is 2.54. The number of nitrogens with zero attached hydrogens (tertiary/aromatic N) is 3. The van der Waals surface area contributed by atoms with E-state index >= 15 is 0 Å². The Morgan fingerprint density at radius 3 is 2.65 bits per heavy atom. The van der Waals surface area contributed by atoms with E-state index in [2.05, 4.69) is 43.9 Å². The van der Waals surface area contributed by atoms with Crippen LogP contribution in [-0.4, -0.2) is 47.7 Å². The van der Waals surface area contributed by atoms with Crippen molar-refractivity contribution < 1.29 is 13.9 Å². The highest BCUT2D eigenvalue weighted by Gasteiger charge is 2.40. The Hall–Kier alpha value is -0.528. The molecule has 0 amide bonds. The molecule has 2 radical (unpaired) electrons. The molecule has 112 valence electrons. The largest absolute Gasteiger partial charge is 0.414 e. The fraction of sp³-hybridized carbons (Fsp3) is 1.00. The van der Waals surface area contributed by atoms with Gasteiger partial charge in [-0.1, -0.05) is 25.9 Å². The summed E-state index contributed by atoms with van der Waals surface area (Å²) in [5.41, 5.74) is 8.26. The summed E-state index contributed by atoms with van der Waals surface area (Å²) in [5, 5.41) is 3.52. The van der Waals surface area contributed by atoms with Gasteiger partial charge in [0.05, 0.1) is 12.7 Å². The van der Waals surface area contributed by atoms with Crippen LogP contribution in [0.4, 0.5) is 0 Å². The highest BCUT2D eigenvalue weighted by molar-refractivity contribution is 6.74. The van der Waals surface area contributed by atoms with Crippen LogP contribution in [0, 0.1) is 0 Å². The van der Waals surface area contributed by atoms with Gasteiger partial charge in [-0.3, -0.25) is 0 Å². The molecule has 6 nitrogen and oxygen atoms in total. The second-order valence-electron chi connectivity index (χ2n) is 6.59. The third kappa shape index (κ3) is 4.79. The quantitative estimate of drug-likeness (QED) is 0.327. The number of azide groups is 1. The molecule has 1 unspecified atom stereocenters. The lowest BCUT2D eigenvalue weighted by molar-refractivity contribution is -0.0329. The second kappa shape index (κ2) is 6.96. The third-order valence-corrected chi connectivity index (χ3v) is 8.55. The first-order valence-corrected chi connectivity index (χ1v) is 9.75.